The molecule has 1 aromatic carbocycles. The normalized spacial score (nSPS) is 10.8. The average Bonchev–Trinajstić information content (AvgIpc) is 2.29. The quantitative estimate of drug-likeness (QED) is 0.756. The van der Waals surface area contributed by atoms with Gasteiger partial charge in [-0.25, -0.2) is 0 Å². The Hall–Kier alpha value is -0.930. The van der Waals surface area contributed by atoms with Gasteiger partial charge in [0.1, 0.15) is 5.75 Å². The third-order valence-electron chi connectivity index (χ3n) is 2.08. The van der Waals surface area contributed by atoms with E-state index in [9.17, 15) is 4.79 Å². The standard InChI is InChI=1S/C13H15ClO2S/c1-10(15)17-8-4-3-5-11-6-7-12(14)9-13(11)16-2/h3,5-7,9H,4,8H2,1-2H3. The molecule has 0 amide bonds. The van der Waals surface area contributed by atoms with Crippen LogP contribution in [0, 0.1) is 0 Å². The minimum atomic E-state index is 0.155. The fraction of sp³-hybridized carbons (Fsp3) is 0.308. The van der Waals surface area contributed by atoms with Gasteiger partial charge in [-0.1, -0.05) is 35.5 Å². The number of benzene rings is 1. The summed E-state index contributed by atoms with van der Waals surface area (Å²) in [5.41, 5.74) is 0.990. The molecule has 0 aliphatic rings. The van der Waals surface area contributed by atoms with Crippen LogP contribution in [-0.4, -0.2) is 18.0 Å². The number of ether oxygens (including phenoxy) is 1. The highest BCUT2D eigenvalue weighted by molar-refractivity contribution is 8.13. The second-order valence-electron chi connectivity index (χ2n) is 3.42. The zero-order chi connectivity index (χ0) is 12.7. The molecule has 1 rings (SSSR count). The SMILES string of the molecule is COc1cc(Cl)ccc1C=CCCSC(C)=O. The molecular weight excluding hydrogens is 256 g/mol. The van der Waals surface area contributed by atoms with Crippen molar-refractivity contribution >= 4 is 34.6 Å². The van der Waals surface area contributed by atoms with E-state index in [0.717, 1.165) is 23.5 Å². The molecule has 0 unspecified atom stereocenters. The van der Waals surface area contributed by atoms with Crippen molar-refractivity contribution in [1.29, 1.82) is 0 Å². The van der Waals surface area contributed by atoms with Crippen LogP contribution >= 0.6 is 23.4 Å². The number of rotatable bonds is 5. The van der Waals surface area contributed by atoms with Gasteiger partial charge in [-0.05, 0) is 24.6 Å². The lowest BCUT2D eigenvalue weighted by atomic mass is 10.2. The number of thioether (sulfide) groups is 1. The van der Waals surface area contributed by atoms with Gasteiger partial charge in [-0.15, -0.1) is 0 Å². The Morgan fingerprint density at radius 3 is 2.94 bits per heavy atom. The summed E-state index contributed by atoms with van der Waals surface area (Å²) in [5, 5.41) is 0.814. The predicted octanol–water partition coefficient (Wildman–Crippen LogP) is 4.03. The lowest BCUT2D eigenvalue weighted by molar-refractivity contribution is -0.109. The Morgan fingerprint density at radius 2 is 2.29 bits per heavy atom. The number of carbonyl (C=O) groups is 1. The zero-order valence-electron chi connectivity index (χ0n) is 9.90. The summed E-state index contributed by atoms with van der Waals surface area (Å²) >= 11 is 7.21. The Kier molecular flexibility index (Phi) is 6.16. The van der Waals surface area contributed by atoms with E-state index < -0.39 is 0 Å². The Morgan fingerprint density at radius 1 is 1.53 bits per heavy atom. The Balaban J connectivity index is 2.55. The zero-order valence-corrected chi connectivity index (χ0v) is 11.5. The van der Waals surface area contributed by atoms with E-state index in [1.807, 2.05) is 24.3 Å². The lowest BCUT2D eigenvalue weighted by Crippen LogP contribution is -1.87. The van der Waals surface area contributed by atoms with Crippen molar-refractivity contribution in [3.8, 4) is 5.75 Å². The van der Waals surface area contributed by atoms with Crippen molar-refractivity contribution in [2.75, 3.05) is 12.9 Å². The fourth-order valence-electron chi connectivity index (χ4n) is 1.30. The van der Waals surface area contributed by atoms with Gasteiger partial charge in [-0.2, -0.15) is 0 Å². The van der Waals surface area contributed by atoms with Gasteiger partial charge >= 0.3 is 0 Å². The van der Waals surface area contributed by atoms with Gasteiger partial charge in [0, 0.05) is 23.3 Å². The van der Waals surface area contributed by atoms with Crippen molar-refractivity contribution in [3.05, 3.63) is 34.9 Å². The van der Waals surface area contributed by atoms with Crippen LogP contribution < -0.4 is 4.74 Å². The molecular formula is C13H15ClO2S. The first kappa shape index (κ1) is 14.1. The number of methoxy groups -OCH3 is 1. The van der Waals surface area contributed by atoms with Crippen molar-refractivity contribution in [2.24, 2.45) is 0 Å². The molecule has 92 valence electrons. The van der Waals surface area contributed by atoms with Gasteiger partial charge in [0.05, 0.1) is 7.11 Å². The van der Waals surface area contributed by atoms with E-state index in [1.54, 1.807) is 20.1 Å². The summed E-state index contributed by atoms with van der Waals surface area (Å²) in [4.78, 5) is 10.7. The third-order valence-corrected chi connectivity index (χ3v) is 3.16. The van der Waals surface area contributed by atoms with E-state index in [4.69, 9.17) is 16.3 Å². The van der Waals surface area contributed by atoms with Crippen molar-refractivity contribution < 1.29 is 9.53 Å². The van der Waals surface area contributed by atoms with Crippen molar-refractivity contribution in [3.63, 3.8) is 0 Å². The van der Waals surface area contributed by atoms with Crippen LogP contribution in [-0.2, 0) is 4.79 Å². The molecule has 0 saturated carbocycles. The molecule has 0 spiro atoms. The molecule has 4 heteroatoms. The van der Waals surface area contributed by atoms with E-state index in [-0.39, 0.29) is 5.12 Å². The largest absolute Gasteiger partial charge is 0.496 e. The molecule has 2 nitrogen and oxygen atoms in total. The van der Waals surface area contributed by atoms with E-state index >= 15 is 0 Å². The molecule has 0 aromatic heterocycles. The first-order valence-corrected chi connectivity index (χ1v) is 6.63. The van der Waals surface area contributed by atoms with Crippen LogP contribution in [0.1, 0.15) is 18.9 Å². The Labute approximate surface area is 111 Å². The molecule has 17 heavy (non-hydrogen) atoms. The number of hydrogen-bond donors (Lipinski definition) is 0. The third kappa shape index (κ3) is 5.29. The monoisotopic (exact) mass is 270 g/mol. The lowest BCUT2D eigenvalue weighted by Gasteiger charge is -2.04. The number of allylic oxidation sites excluding steroid dienone is 1. The summed E-state index contributed by atoms with van der Waals surface area (Å²) < 4.78 is 5.23. The summed E-state index contributed by atoms with van der Waals surface area (Å²) in [7, 11) is 1.62. The van der Waals surface area contributed by atoms with Gasteiger partial charge in [0.15, 0.2) is 5.12 Å². The van der Waals surface area contributed by atoms with Gasteiger partial charge < -0.3 is 4.74 Å². The van der Waals surface area contributed by atoms with Crippen LogP contribution in [0.4, 0.5) is 0 Å². The summed E-state index contributed by atoms with van der Waals surface area (Å²) in [5.74, 6) is 1.56. The van der Waals surface area contributed by atoms with Crippen LogP contribution in [0.2, 0.25) is 5.02 Å². The smallest absolute Gasteiger partial charge is 0.185 e. The minimum absolute atomic E-state index is 0.155. The molecule has 0 radical (unpaired) electrons. The van der Waals surface area contributed by atoms with Crippen LogP contribution in [0.5, 0.6) is 5.75 Å². The van der Waals surface area contributed by atoms with Crippen molar-refractivity contribution in [2.45, 2.75) is 13.3 Å². The number of carbonyl (C=O) groups excluding carboxylic acids is 1. The Bertz CT molecular complexity index is 416. The molecule has 0 saturated heterocycles. The number of halogens is 1. The minimum Gasteiger partial charge on any atom is -0.496 e. The van der Waals surface area contributed by atoms with E-state index in [0.29, 0.717) is 5.02 Å². The fourth-order valence-corrected chi connectivity index (χ4v) is 2.01. The molecule has 0 aliphatic heterocycles. The van der Waals surface area contributed by atoms with Crippen molar-refractivity contribution in [1.82, 2.24) is 0 Å². The molecule has 0 aliphatic carbocycles. The second kappa shape index (κ2) is 7.41. The van der Waals surface area contributed by atoms with Crippen LogP contribution in [0.25, 0.3) is 6.08 Å². The van der Waals surface area contributed by atoms with Gasteiger partial charge in [-0.3, -0.25) is 4.79 Å². The average molecular weight is 271 g/mol. The summed E-state index contributed by atoms with van der Waals surface area (Å²) in [6.07, 6.45) is 4.87. The molecule has 0 atom stereocenters. The van der Waals surface area contributed by atoms with Gasteiger partial charge in [0.2, 0.25) is 0 Å². The highest BCUT2D eigenvalue weighted by Crippen LogP contribution is 2.24. The summed E-state index contributed by atoms with van der Waals surface area (Å²) in [6.45, 7) is 1.58. The summed E-state index contributed by atoms with van der Waals surface area (Å²) in [6, 6.07) is 5.52. The van der Waals surface area contributed by atoms with Crippen LogP contribution in [0.15, 0.2) is 24.3 Å². The molecule has 1 aromatic rings. The molecule has 0 bridgehead atoms. The maximum Gasteiger partial charge on any atom is 0.185 e. The van der Waals surface area contributed by atoms with Crippen LogP contribution in [0.3, 0.4) is 0 Å². The van der Waals surface area contributed by atoms with Gasteiger partial charge in [0.25, 0.3) is 0 Å². The van der Waals surface area contributed by atoms with E-state index in [1.165, 1.54) is 11.8 Å². The molecule has 0 fully saturated rings. The first-order chi connectivity index (χ1) is 8.13. The topological polar surface area (TPSA) is 26.3 Å². The second-order valence-corrected chi connectivity index (χ2v) is 5.13. The maximum absolute atomic E-state index is 10.7. The molecule has 0 heterocycles. The highest BCUT2D eigenvalue weighted by atomic mass is 35.5. The first-order valence-electron chi connectivity index (χ1n) is 5.27. The maximum atomic E-state index is 10.7. The van der Waals surface area contributed by atoms with E-state index in [2.05, 4.69) is 0 Å². The predicted molar refractivity (Wildman–Crippen MR) is 74.8 cm³/mol. The highest BCUT2D eigenvalue weighted by Gasteiger charge is 1.99. The molecule has 0 N–H and O–H groups in total. The number of hydrogen-bond acceptors (Lipinski definition) is 3.